The summed E-state index contributed by atoms with van der Waals surface area (Å²) in [6.07, 6.45) is 4.16. The minimum absolute atomic E-state index is 0.0227. The summed E-state index contributed by atoms with van der Waals surface area (Å²) in [5.74, 6) is -0.0227. The Morgan fingerprint density at radius 3 is 2.76 bits per heavy atom. The summed E-state index contributed by atoms with van der Waals surface area (Å²) >= 11 is 1.48. The van der Waals surface area contributed by atoms with Crippen molar-refractivity contribution in [3.63, 3.8) is 0 Å². The van der Waals surface area contributed by atoms with Gasteiger partial charge in [-0.3, -0.25) is 9.69 Å². The third-order valence-corrected chi connectivity index (χ3v) is 5.56. The Bertz CT molecular complexity index is 683. The number of thiazole rings is 1. The summed E-state index contributed by atoms with van der Waals surface area (Å²) in [6.45, 7) is 3.60. The lowest BCUT2D eigenvalue weighted by atomic mass is 10.1. The largest absolute Gasteiger partial charge is 0.388 e. The number of nitrogens with zero attached hydrogens (tertiary/aromatic N) is 3. The van der Waals surface area contributed by atoms with Crippen LogP contribution in [0.2, 0.25) is 0 Å². The maximum atomic E-state index is 12.5. The van der Waals surface area contributed by atoms with Crippen LogP contribution in [0.25, 0.3) is 0 Å². The van der Waals surface area contributed by atoms with Crippen LogP contribution in [0.3, 0.4) is 0 Å². The lowest BCUT2D eigenvalue weighted by Crippen LogP contribution is -2.28. The van der Waals surface area contributed by atoms with Gasteiger partial charge >= 0.3 is 0 Å². The molecule has 0 radical (unpaired) electrons. The van der Waals surface area contributed by atoms with Gasteiger partial charge in [-0.25, -0.2) is 4.98 Å². The van der Waals surface area contributed by atoms with Crippen LogP contribution in [0.1, 0.15) is 45.6 Å². The van der Waals surface area contributed by atoms with Crippen molar-refractivity contribution in [3.05, 3.63) is 52.0 Å². The molecule has 1 aromatic heterocycles. The van der Waals surface area contributed by atoms with Crippen molar-refractivity contribution in [2.45, 2.75) is 31.9 Å². The summed E-state index contributed by atoms with van der Waals surface area (Å²) in [5, 5.41) is 11.2. The number of amides is 1. The van der Waals surface area contributed by atoms with Crippen LogP contribution in [-0.2, 0) is 6.54 Å². The molecule has 3 rings (SSSR count). The van der Waals surface area contributed by atoms with Gasteiger partial charge in [0.25, 0.3) is 5.91 Å². The molecule has 0 saturated carbocycles. The predicted molar refractivity (Wildman–Crippen MR) is 99.6 cm³/mol. The number of rotatable bonds is 7. The van der Waals surface area contributed by atoms with Gasteiger partial charge in [-0.1, -0.05) is 30.3 Å². The van der Waals surface area contributed by atoms with E-state index in [1.165, 1.54) is 24.2 Å². The summed E-state index contributed by atoms with van der Waals surface area (Å²) < 4.78 is 0. The molecule has 0 bridgehead atoms. The third-order valence-electron chi connectivity index (χ3n) is 4.59. The zero-order valence-electron chi connectivity index (χ0n) is 14.6. The second-order valence-corrected chi connectivity index (χ2v) is 7.66. The number of hydrogen-bond donors (Lipinski definition) is 1. The highest BCUT2D eigenvalue weighted by Crippen LogP contribution is 2.20. The number of benzene rings is 1. The quantitative estimate of drug-likeness (QED) is 0.826. The lowest BCUT2D eigenvalue weighted by Gasteiger charge is -2.18. The topological polar surface area (TPSA) is 56.7 Å². The van der Waals surface area contributed by atoms with Gasteiger partial charge in [0.15, 0.2) is 0 Å². The number of carbonyl (C=O) groups excluding carboxylic acids is 1. The van der Waals surface area contributed by atoms with Gasteiger partial charge in [0.1, 0.15) is 9.88 Å². The number of carbonyl (C=O) groups is 1. The van der Waals surface area contributed by atoms with Crippen molar-refractivity contribution in [1.82, 2.24) is 14.8 Å². The molecule has 1 atom stereocenters. The summed E-state index contributed by atoms with van der Waals surface area (Å²) in [7, 11) is 1.78. The fourth-order valence-corrected chi connectivity index (χ4v) is 4.02. The van der Waals surface area contributed by atoms with Gasteiger partial charge in [0.05, 0.1) is 18.8 Å². The second kappa shape index (κ2) is 8.56. The SMILES string of the molecule is CN(CC[C@H](O)c1ccccc1)C(=O)c1cnc(CN2CCCC2)s1. The third kappa shape index (κ3) is 4.87. The minimum Gasteiger partial charge on any atom is -0.388 e. The van der Waals surface area contributed by atoms with E-state index in [4.69, 9.17) is 0 Å². The van der Waals surface area contributed by atoms with E-state index in [0.29, 0.717) is 17.8 Å². The fraction of sp³-hybridized carbons (Fsp3) is 0.474. The minimum atomic E-state index is -0.552. The Morgan fingerprint density at radius 1 is 1.32 bits per heavy atom. The number of aromatic nitrogens is 1. The van der Waals surface area contributed by atoms with Crippen molar-refractivity contribution in [2.24, 2.45) is 0 Å². The molecule has 0 spiro atoms. The summed E-state index contributed by atoms with van der Waals surface area (Å²) in [6, 6.07) is 9.55. The molecule has 1 amide bonds. The molecule has 5 nitrogen and oxygen atoms in total. The van der Waals surface area contributed by atoms with Gasteiger partial charge < -0.3 is 10.0 Å². The Kier molecular flexibility index (Phi) is 6.18. The van der Waals surface area contributed by atoms with Crippen LogP contribution in [0.15, 0.2) is 36.5 Å². The van der Waals surface area contributed by atoms with Gasteiger partial charge in [0, 0.05) is 13.6 Å². The van der Waals surface area contributed by atoms with Gasteiger partial charge in [-0.2, -0.15) is 0 Å². The van der Waals surface area contributed by atoms with Crippen molar-refractivity contribution >= 4 is 17.2 Å². The van der Waals surface area contributed by atoms with Crippen LogP contribution in [0, 0.1) is 0 Å². The van der Waals surface area contributed by atoms with E-state index in [0.717, 1.165) is 30.2 Å². The molecule has 1 fully saturated rings. The fourth-order valence-electron chi connectivity index (χ4n) is 3.06. The monoisotopic (exact) mass is 359 g/mol. The normalized spacial score (nSPS) is 16.1. The van der Waals surface area contributed by atoms with Crippen molar-refractivity contribution < 1.29 is 9.90 Å². The number of likely N-dealkylation sites (tertiary alicyclic amines) is 1. The van der Waals surface area contributed by atoms with Crippen molar-refractivity contribution in [2.75, 3.05) is 26.7 Å². The molecule has 0 unspecified atom stereocenters. The van der Waals surface area contributed by atoms with Gasteiger partial charge in [-0.15, -0.1) is 11.3 Å². The van der Waals surface area contributed by atoms with E-state index in [-0.39, 0.29) is 5.91 Å². The Hall–Kier alpha value is -1.76. The van der Waals surface area contributed by atoms with Crippen LogP contribution in [0.5, 0.6) is 0 Å². The second-order valence-electron chi connectivity index (χ2n) is 6.54. The first-order valence-electron chi connectivity index (χ1n) is 8.79. The Morgan fingerprint density at radius 2 is 2.04 bits per heavy atom. The predicted octanol–water partition coefficient (Wildman–Crippen LogP) is 2.93. The van der Waals surface area contributed by atoms with E-state index in [1.807, 2.05) is 30.3 Å². The van der Waals surface area contributed by atoms with Crippen LogP contribution in [0.4, 0.5) is 0 Å². The molecule has 2 aromatic rings. The highest BCUT2D eigenvalue weighted by atomic mass is 32.1. The van der Waals surface area contributed by atoms with E-state index in [2.05, 4.69) is 9.88 Å². The van der Waals surface area contributed by atoms with Crippen LogP contribution in [-0.4, -0.2) is 52.5 Å². The zero-order chi connectivity index (χ0) is 17.6. The van der Waals surface area contributed by atoms with Crippen molar-refractivity contribution in [1.29, 1.82) is 0 Å². The molecule has 1 aliphatic heterocycles. The molecular formula is C19H25N3O2S. The molecule has 1 aliphatic rings. The highest BCUT2D eigenvalue weighted by molar-refractivity contribution is 7.13. The molecule has 0 aliphatic carbocycles. The molecule has 25 heavy (non-hydrogen) atoms. The van der Waals surface area contributed by atoms with Gasteiger partial charge in [0.2, 0.25) is 0 Å². The smallest absolute Gasteiger partial charge is 0.265 e. The maximum absolute atomic E-state index is 12.5. The van der Waals surface area contributed by atoms with E-state index >= 15 is 0 Å². The Balaban J connectivity index is 1.51. The van der Waals surface area contributed by atoms with Crippen LogP contribution < -0.4 is 0 Å². The average Bonchev–Trinajstić information content (AvgIpc) is 3.32. The first-order valence-corrected chi connectivity index (χ1v) is 9.60. The zero-order valence-corrected chi connectivity index (χ0v) is 15.4. The summed E-state index contributed by atoms with van der Waals surface area (Å²) in [4.78, 5) is 21.7. The molecule has 1 aromatic carbocycles. The number of aliphatic hydroxyl groups is 1. The average molecular weight is 359 g/mol. The summed E-state index contributed by atoms with van der Waals surface area (Å²) in [5.41, 5.74) is 0.883. The molecule has 2 heterocycles. The molecule has 134 valence electrons. The first kappa shape index (κ1) is 18.0. The molecule has 1 N–H and O–H groups in total. The molecule has 1 saturated heterocycles. The van der Waals surface area contributed by atoms with E-state index < -0.39 is 6.10 Å². The van der Waals surface area contributed by atoms with Crippen molar-refractivity contribution in [3.8, 4) is 0 Å². The molecule has 6 heteroatoms. The maximum Gasteiger partial charge on any atom is 0.265 e. The number of hydrogen-bond acceptors (Lipinski definition) is 5. The molecular weight excluding hydrogens is 334 g/mol. The van der Waals surface area contributed by atoms with E-state index in [1.54, 1.807) is 18.1 Å². The van der Waals surface area contributed by atoms with E-state index in [9.17, 15) is 9.90 Å². The Labute approximate surface area is 152 Å². The van der Waals surface area contributed by atoms with Gasteiger partial charge in [-0.05, 0) is 37.9 Å². The lowest BCUT2D eigenvalue weighted by molar-refractivity contribution is 0.0765. The number of aliphatic hydroxyl groups excluding tert-OH is 1. The van der Waals surface area contributed by atoms with Crippen LogP contribution >= 0.6 is 11.3 Å². The standard InChI is InChI=1S/C19H25N3O2S/c1-21(12-9-16(23)15-7-3-2-4-8-15)19(24)17-13-20-18(25-17)14-22-10-5-6-11-22/h2-4,7-8,13,16,23H,5-6,9-12,14H2,1H3/t16-/m0/s1. The highest BCUT2D eigenvalue weighted by Gasteiger charge is 2.19. The first-order chi connectivity index (χ1) is 12.1.